The molecule has 3 rings (SSSR count). The van der Waals surface area contributed by atoms with Crippen LogP contribution in [0, 0.1) is 17.8 Å². The molecule has 0 aromatic heterocycles. The van der Waals surface area contributed by atoms with Crippen LogP contribution < -0.4 is 0 Å². The highest BCUT2D eigenvalue weighted by Crippen LogP contribution is 2.45. The van der Waals surface area contributed by atoms with E-state index in [2.05, 4.69) is 33.8 Å². The number of aromatic hydroxyl groups is 1. The topological polar surface area (TPSA) is 46.5 Å². The number of carbonyl (C=O) groups is 1. The molecule has 25 heavy (non-hydrogen) atoms. The Bertz CT molecular complexity index is 709. The summed E-state index contributed by atoms with van der Waals surface area (Å²) < 4.78 is 5.97. The Labute approximate surface area is 150 Å². The second kappa shape index (κ2) is 7.07. The van der Waals surface area contributed by atoms with Gasteiger partial charge in [0.25, 0.3) is 0 Å². The Morgan fingerprint density at radius 1 is 1.20 bits per heavy atom. The highest BCUT2D eigenvalue weighted by molar-refractivity contribution is 5.89. The van der Waals surface area contributed by atoms with Crippen LogP contribution in [-0.4, -0.2) is 17.2 Å². The summed E-state index contributed by atoms with van der Waals surface area (Å²) in [6, 6.07) is 6.28. The number of phenolic OH excluding ortho intramolecular Hbond substituents is 1. The molecule has 0 radical (unpaired) electrons. The largest absolute Gasteiger partial charge is 0.508 e. The molecule has 0 heterocycles. The molecule has 0 unspecified atom stereocenters. The summed E-state index contributed by atoms with van der Waals surface area (Å²) in [4.78, 5) is 12.6. The van der Waals surface area contributed by atoms with Crippen molar-refractivity contribution in [1.29, 1.82) is 0 Å². The number of ether oxygens (including phenoxy) is 1. The highest BCUT2D eigenvalue weighted by atomic mass is 16.5. The SMILES string of the molecule is CC1=CCC2=C(C)C[C@@H](OC(=O)c3ccc(O)cc3)[C@H](C(C)C)C[C@H]12. The Kier molecular flexibility index (Phi) is 5.03. The van der Waals surface area contributed by atoms with E-state index in [1.54, 1.807) is 12.1 Å². The van der Waals surface area contributed by atoms with Gasteiger partial charge in [-0.05, 0) is 62.8 Å². The lowest BCUT2D eigenvalue weighted by atomic mass is 9.81. The van der Waals surface area contributed by atoms with Crippen molar-refractivity contribution in [3.05, 3.63) is 52.6 Å². The molecule has 0 amide bonds. The molecule has 0 bridgehead atoms. The van der Waals surface area contributed by atoms with E-state index in [-0.39, 0.29) is 17.8 Å². The molecular weight excluding hydrogens is 312 g/mol. The van der Waals surface area contributed by atoms with Gasteiger partial charge >= 0.3 is 5.97 Å². The van der Waals surface area contributed by atoms with Crippen molar-refractivity contribution in [2.24, 2.45) is 17.8 Å². The molecule has 2 aliphatic carbocycles. The van der Waals surface area contributed by atoms with E-state index < -0.39 is 0 Å². The van der Waals surface area contributed by atoms with Crippen molar-refractivity contribution >= 4 is 5.97 Å². The second-order valence-electron chi connectivity index (χ2n) is 7.85. The summed E-state index contributed by atoms with van der Waals surface area (Å²) in [5.41, 5.74) is 4.87. The van der Waals surface area contributed by atoms with Crippen molar-refractivity contribution in [2.75, 3.05) is 0 Å². The minimum absolute atomic E-state index is 0.0906. The zero-order chi connectivity index (χ0) is 18.1. The molecule has 0 spiro atoms. The fraction of sp³-hybridized carbons (Fsp3) is 0.500. The fourth-order valence-corrected chi connectivity index (χ4v) is 4.27. The first kappa shape index (κ1) is 17.8. The number of carbonyl (C=O) groups excluding carboxylic acids is 1. The first-order chi connectivity index (χ1) is 11.9. The molecule has 3 heteroatoms. The lowest BCUT2D eigenvalue weighted by molar-refractivity contribution is 0.00461. The Morgan fingerprint density at radius 2 is 1.88 bits per heavy atom. The van der Waals surface area contributed by atoms with Crippen molar-refractivity contribution in [2.45, 2.75) is 53.1 Å². The van der Waals surface area contributed by atoms with Crippen molar-refractivity contribution in [3.63, 3.8) is 0 Å². The molecule has 1 aromatic rings. The highest BCUT2D eigenvalue weighted by Gasteiger charge is 2.37. The minimum Gasteiger partial charge on any atom is -0.508 e. The summed E-state index contributed by atoms with van der Waals surface area (Å²) in [5, 5.41) is 9.40. The molecule has 134 valence electrons. The normalized spacial score (nSPS) is 26.3. The summed E-state index contributed by atoms with van der Waals surface area (Å²) in [7, 11) is 0. The number of benzene rings is 1. The van der Waals surface area contributed by atoms with Gasteiger partial charge < -0.3 is 9.84 Å². The van der Waals surface area contributed by atoms with E-state index in [4.69, 9.17) is 4.74 Å². The average molecular weight is 340 g/mol. The van der Waals surface area contributed by atoms with E-state index in [9.17, 15) is 9.90 Å². The number of phenols is 1. The van der Waals surface area contributed by atoms with Crippen LogP contribution in [0.15, 0.2) is 47.1 Å². The average Bonchev–Trinajstić information content (AvgIpc) is 2.85. The molecule has 2 aliphatic rings. The van der Waals surface area contributed by atoms with Crippen molar-refractivity contribution in [3.8, 4) is 5.75 Å². The lowest BCUT2D eigenvalue weighted by Gasteiger charge is -2.30. The van der Waals surface area contributed by atoms with Crippen LogP contribution in [0.25, 0.3) is 0 Å². The van der Waals surface area contributed by atoms with Crippen LogP contribution in [0.1, 0.15) is 57.3 Å². The third-order valence-corrected chi connectivity index (χ3v) is 5.87. The summed E-state index contributed by atoms with van der Waals surface area (Å²) in [6.07, 6.45) is 5.18. The van der Waals surface area contributed by atoms with Gasteiger partial charge in [0.1, 0.15) is 11.9 Å². The fourth-order valence-electron chi connectivity index (χ4n) is 4.27. The second-order valence-corrected chi connectivity index (χ2v) is 7.85. The molecule has 0 saturated heterocycles. The standard InChI is InChI=1S/C22H28O3/c1-13(2)19-12-20-14(3)5-10-18(20)15(4)11-21(19)25-22(24)16-6-8-17(23)9-7-16/h5-9,13,19-21,23H,10-12H2,1-4H3/t19-,20+,21+/m0/s1. The lowest BCUT2D eigenvalue weighted by Crippen LogP contribution is -2.31. The number of rotatable bonds is 3. The maximum Gasteiger partial charge on any atom is 0.338 e. The minimum atomic E-state index is -0.298. The first-order valence-corrected chi connectivity index (χ1v) is 9.22. The van der Waals surface area contributed by atoms with Gasteiger partial charge in [-0.2, -0.15) is 0 Å². The van der Waals surface area contributed by atoms with Gasteiger partial charge in [-0.3, -0.25) is 0 Å². The van der Waals surface area contributed by atoms with Crippen LogP contribution in [-0.2, 0) is 4.74 Å². The van der Waals surface area contributed by atoms with Crippen molar-refractivity contribution in [1.82, 2.24) is 0 Å². The zero-order valence-electron chi connectivity index (χ0n) is 15.6. The van der Waals surface area contributed by atoms with E-state index in [1.807, 2.05) is 0 Å². The van der Waals surface area contributed by atoms with E-state index >= 15 is 0 Å². The predicted molar refractivity (Wildman–Crippen MR) is 99.4 cm³/mol. The predicted octanol–water partition coefficient (Wildman–Crippen LogP) is 5.27. The summed E-state index contributed by atoms with van der Waals surface area (Å²) >= 11 is 0. The smallest absolute Gasteiger partial charge is 0.338 e. The van der Waals surface area contributed by atoms with Crippen molar-refractivity contribution < 1.29 is 14.6 Å². The number of esters is 1. The molecular formula is C22H28O3. The summed E-state index contributed by atoms with van der Waals surface area (Å²) in [6.45, 7) is 8.87. The number of fused-ring (bicyclic) bond motifs is 1. The third kappa shape index (κ3) is 3.65. The summed E-state index contributed by atoms with van der Waals surface area (Å²) in [5.74, 6) is 1.18. The van der Waals surface area contributed by atoms with Crippen LogP contribution in [0.5, 0.6) is 5.75 Å². The van der Waals surface area contributed by atoms with Gasteiger partial charge in [0, 0.05) is 12.3 Å². The molecule has 0 saturated carbocycles. The van der Waals surface area contributed by atoms with E-state index in [0.29, 0.717) is 23.3 Å². The van der Waals surface area contributed by atoms with Gasteiger partial charge in [-0.15, -0.1) is 0 Å². The van der Waals surface area contributed by atoms with Crippen LogP contribution >= 0.6 is 0 Å². The van der Waals surface area contributed by atoms with Gasteiger partial charge in [-0.25, -0.2) is 4.79 Å². The quantitative estimate of drug-likeness (QED) is 0.602. The van der Waals surface area contributed by atoms with Gasteiger partial charge in [-0.1, -0.05) is 36.6 Å². The van der Waals surface area contributed by atoms with Crippen LogP contribution in [0.4, 0.5) is 0 Å². The first-order valence-electron chi connectivity index (χ1n) is 9.22. The number of hydrogen-bond donors (Lipinski definition) is 1. The molecule has 3 nitrogen and oxygen atoms in total. The monoisotopic (exact) mass is 340 g/mol. The molecule has 1 aromatic carbocycles. The van der Waals surface area contributed by atoms with Crippen LogP contribution in [0.2, 0.25) is 0 Å². The molecule has 0 fully saturated rings. The molecule has 1 N–H and O–H groups in total. The molecule has 3 atom stereocenters. The Hall–Kier alpha value is -2.03. The number of allylic oxidation sites excluding steroid dienone is 3. The maximum atomic E-state index is 12.6. The van der Waals surface area contributed by atoms with E-state index in [1.165, 1.54) is 28.9 Å². The Morgan fingerprint density at radius 3 is 2.52 bits per heavy atom. The van der Waals surface area contributed by atoms with Gasteiger partial charge in [0.15, 0.2) is 0 Å². The zero-order valence-corrected chi connectivity index (χ0v) is 15.6. The third-order valence-electron chi connectivity index (χ3n) is 5.87. The molecule has 0 aliphatic heterocycles. The van der Waals surface area contributed by atoms with Crippen LogP contribution in [0.3, 0.4) is 0 Å². The number of hydrogen-bond acceptors (Lipinski definition) is 3. The van der Waals surface area contributed by atoms with E-state index in [0.717, 1.165) is 19.3 Å². The van der Waals surface area contributed by atoms with Gasteiger partial charge in [0.2, 0.25) is 0 Å². The Balaban J connectivity index is 1.82. The van der Waals surface area contributed by atoms with Gasteiger partial charge in [0.05, 0.1) is 5.56 Å². The maximum absolute atomic E-state index is 12.6.